The summed E-state index contributed by atoms with van der Waals surface area (Å²) in [5.74, 6) is 2.53. The fraction of sp³-hybridized carbons (Fsp3) is 0.389. The molecule has 5 rings (SSSR count). The molecule has 1 unspecified atom stereocenters. The van der Waals surface area contributed by atoms with Crippen molar-refractivity contribution in [2.45, 2.75) is 37.8 Å². The minimum absolute atomic E-state index is 0.0196. The molecule has 0 saturated carbocycles. The Balaban J connectivity index is 1.18. The molecule has 1 N–H and O–H groups in total. The zero-order valence-electron chi connectivity index (χ0n) is 25.8. The predicted octanol–water partition coefficient (Wildman–Crippen LogP) is 6.10. The van der Waals surface area contributed by atoms with Crippen molar-refractivity contribution in [3.63, 3.8) is 0 Å². The van der Waals surface area contributed by atoms with Gasteiger partial charge in [0.05, 0.1) is 52.9 Å². The highest BCUT2D eigenvalue weighted by molar-refractivity contribution is 5.89. The van der Waals surface area contributed by atoms with Gasteiger partial charge >= 0.3 is 0 Å². The summed E-state index contributed by atoms with van der Waals surface area (Å²) in [7, 11) is 5.02. The van der Waals surface area contributed by atoms with Gasteiger partial charge in [-0.2, -0.15) is 0 Å². The van der Waals surface area contributed by atoms with E-state index in [-0.39, 0.29) is 24.9 Å². The van der Waals surface area contributed by atoms with Crippen molar-refractivity contribution in [2.24, 2.45) is 0 Å². The third-order valence-corrected chi connectivity index (χ3v) is 7.88. The van der Waals surface area contributed by atoms with Crippen LogP contribution in [0.1, 0.15) is 29.0 Å². The topological polar surface area (TPSA) is 76.6 Å². The summed E-state index contributed by atoms with van der Waals surface area (Å²) in [5, 5.41) is 5.70. The number of fused-ring (bicyclic) bond motifs is 1. The van der Waals surface area contributed by atoms with E-state index in [2.05, 4.69) is 41.7 Å². The van der Waals surface area contributed by atoms with Gasteiger partial charge in [0, 0.05) is 43.5 Å². The van der Waals surface area contributed by atoms with Gasteiger partial charge in [-0.1, -0.05) is 54.6 Å². The lowest BCUT2D eigenvalue weighted by Gasteiger charge is -2.38. The van der Waals surface area contributed by atoms with Gasteiger partial charge in [-0.15, -0.1) is 0 Å². The minimum Gasteiger partial charge on any atom is -0.496 e. The molecule has 1 fully saturated rings. The van der Waals surface area contributed by atoms with Gasteiger partial charge in [-0.25, -0.2) is 0 Å². The van der Waals surface area contributed by atoms with Crippen LogP contribution in [0.2, 0.25) is 0 Å². The summed E-state index contributed by atoms with van der Waals surface area (Å²) in [6.07, 6.45) is 0.579. The van der Waals surface area contributed by atoms with Gasteiger partial charge in [-0.05, 0) is 46.8 Å². The molecule has 0 radical (unpaired) electrons. The molecule has 1 saturated heterocycles. The molecule has 1 heterocycles. The molecule has 0 aromatic heterocycles. The zero-order chi connectivity index (χ0) is 30.6. The fourth-order valence-electron chi connectivity index (χ4n) is 5.70. The number of hydrogen-bond donors (Lipinski definition) is 1. The van der Waals surface area contributed by atoms with Gasteiger partial charge in [0.2, 0.25) is 0 Å². The van der Waals surface area contributed by atoms with Crippen molar-refractivity contribution in [2.75, 3.05) is 54.4 Å². The molecule has 234 valence electrons. The molecule has 4 aromatic carbocycles. The second-order valence-corrected chi connectivity index (χ2v) is 10.8. The highest BCUT2D eigenvalue weighted by Crippen LogP contribution is 2.33. The molecule has 0 aliphatic carbocycles. The standard InChI is InChI=1S/C36H43NO7/c1-38-25-44-35-22-37-21-34(43-23-26-19-28-9-4-6-11-31(28)33(20-26)40-3)36(35)27-13-15-30(16-14-27)42-18-8-17-41-24-29-10-5-7-12-32(29)39-2/h4-7,9-16,19-20,34-37H,8,17-18,21-25H2,1-3H3/t34?,35-,36-/m1/s1. The molecule has 0 spiro atoms. The first-order valence-electron chi connectivity index (χ1n) is 15.1. The van der Waals surface area contributed by atoms with Gasteiger partial charge in [0.25, 0.3) is 0 Å². The number of rotatable bonds is 16. The highest BCUT2D eigenvalue weighted by atomic mass is 16.7. The molecule has 8 heteroatoms. The number of hydrogen-bond acceptors (Lipinski definition) is 8. The summed E-state index contributed by atoms with van der Waals surface area (Å²) in [4.78, 5) is 0. The average molecular weight is 602 g/mol. The Morgan fingerprint density at radius 1 is 0.727 bits per heavy atom. The van der Waals surface area contributed by atoms with E-state index in [0.29, 0.717) is 33.0 Å². The van der Waals surface area contributed by atoms with Crippen molar-refractivity contribution < 1.29 is 33.2 Å². The number of methoxy groups -OCH3 is 3. The van der Waals surface area contributed by atoms with E-state index in [9.17, 15) is 0 Å². The lowest BCUT2D eigenvalue weighted by atomic mass is 9.85. The van der Waals surface area contributed by atoms with Crippen molar-refractivity contribution in [1.29, 1.82) is 0 Å². The lowest BCUT2D eigenvalue weighted by Crippen LogP contribution is -2.50. The normalized spacial score (nSPS) is 18.3. The van der Waals surface area contributed by atoms with Crippen molar-refractivity contribution >= 4 is 10.8 Å². The van der Waals surface area contributed by atoms with E-state index in [1.54, 1.807) is 21.3 Å². The van der Waals surface area contributed by atoms with Crippen LogP contribution in [-0.4, -0.2) is 66.6 Å². The van der Waals surface area contributed by atoms with Crippen molar-refractivity contribution in [3.8, 4) is 17.2 Å². The maximum absolute atomic E-state index is 6.58. The molecule has 8 nitrogen and oxygen atoms in total. The predicted molar refractivity (Wildman–Crippen MR) is 171 cm³/mol. The quantitative estimate of drug-likeness (QED) is 0.122. The second kappa shape index (κ2) is 16.4. The smallest absolute Gasteiger partial charge is 0.146 e. The molecule has 0 bridgehead atoms. The van der Waals surface area contributed by atoms with Crippen LogP contribution in [0.15, 0.2) is 84.9 Å². The molecule has 0 amide bonds. The molecule has 3 atom stereocenters. The monoisotopic (exact) mass is 601 g/mol. The molecular formula is C36H43NO7. The van der Waals surface area contributed by atoms with E-state index >= 15 is 0 Å². The maximum Gasteiger partial charge on any atom is 0.146 e. The summed E-state index contributed by atoms with van der Waals surface area (Å²) in [5.41, 5.74) is 3.24. The summed E-state index contributed by atoms with van der Waals surface area (Å²) in [6, 6.07) is 28.6. The van der Waals surface area contributed by atoms with E-state index in [1.807, 2.05) is 48.5 Å². The molecular weight excluding hydrogens is 558 g/mol. The van der Waals surface area contributed by atoms with Crippen LogP contribution in [0.25, 0.3) is 10.8 Å². The van der Waals surface area contributed by atoms with Crippen molar-refractivity contribution in [1.82, 2.24) is 5.32 Å². The van der Waals surface area contributed by atoms with E-state index in [1.165, 1.54) is 0 Å². The molecule has 44 heavy (non-hydrogen) atoms. The van der Waals surface area contributed by atoms with Crippen LogP contribution < -0.4 is 19.5 Å². The molecule has 1 aliphatic rings. The van der Waals surface area contributed by atoms with Crippen LogP contribution >= 0.6 is 0 Å². The summed E-state index contributed by atoms with van der Waals surface area (Å²) < 4.78 is 40.9. The van der Waals surface area contributed by atoms with E-state index in [4.69, 9.17) is 33.2 Å². The Morgan fingerprint density at radius 3 is 2.27 bits per heavy atom. The SMILES string of the molecule is COCO[C@@H]1CNCC(OCc2cc(OC)c3ccccc3c2)[C@H]1c1ccc(OCCCOCc2ccccc2OC)cc1. The first-order chi connectivity index (χ1) is 21.7. The number of benzene rings is 4. The van der Waals surface area contributed by atoms with Crippen LogP contribution in [-0.2, 0) is 32.2 Å². The zero-order valence-corrected chi connectivity index (χ0v) is 25.8. The maximum atomic E-state index is 6.58. The average Bonchev–Trinajstić information content (AvgIpc) is 3.08. The van der Waals surface area contributed by atoms with Crippen LogP contribution in [0.4, 0.5) is 0 Å². The number of piperidine rings is 1. The Morgan fingerprint density at radius 2 is 1.48 bits per heavy atom. The number of nitrogens with one attached hydrogen (secondary N) is 1. The lowest BCUT2D eigenvalue weighted by molar-refractivity contribution is -0.113. The Bertz CT molecular complexity index is 1440. The van der Waals surface area contributed by atoms with Crippen molar-refractivity contribution in [3.05, 3.63) is 102 Å². The Kier molecular flexibility index (Phi) is 11.9. The van der Waals surface area contributed by atoms with Crippen LogP contribution in [0, 0.1) is 0 Å². The highest BCUT2D eigenvalue weighted by Gasteiger charge is 2.36. The van der Waals surface area contributed by atoms with Gasteiger partial charge in [0.1, 0.15) is 24.0 Å². The molecule has 4 aromatic rings. The fourth-order valence-corrected chi connectivity index (χ4v) is 5.70. The molecule has 1 aliphatic heterocycles. The first-order valence-corrected chi connectivity index (χ1v) is 15.1. The Hall–Kier alpha value is -3.66. The van der Waals surface area contributed by atoms with E-state index < -0.39 is 0 Å². The van der Waals surface area contributed by atoms with Gasteiger partial charge < -0.3 is 38.5 Å². The Labute approximate surface area is 260 Å². The van der Waals surface area contributed by atoms with Crippen LogP contribution in [0.5, 0.6) is 17.2 Å². The number of ether oxygens (including phenoxy) is 7. The van der Waals surface area contributed by atoms with Crippen LogP contribution in [0.3, 0.4) is 0 Å². The minimum atomic E-state index is -0.105. The largest absolute Gasteiger partial charge is 0.496 e. The second-order valence-electron chi connectivity index (χ2n) is 10.8. The van der Waals surface area contributed by atoms with E-state index in [0.717, 1.165) is 57.7 Å². The summed E-state index contributed by atoms with van der Waals surface area (Å²) >= 11 is 0. The third-order valence-electron chi connectivity index (χ3n) is 7.88. The number of para-hydroxylation sites is 1. The third kappa shape index (κ3) is 8.28. The van der Waals surface area contributed by atoms with Gasteiger partial charge in [-0.3, -0.25) is 0 Å². The first kappa shape index (κ1) is 31.8. The van der Waals surface area contributed by atoms with Gasteiger partial charge in [0.15, 0.2) is 0 Å². The summed E-state index contributed by atoms with van der Waals surface area (Å²) in [6.45, 7) is 3.79.